The van der Waals surface area contributed by atoms with Gasteiger partial charge in [0, 0.05) is 11.4 Å². The first kappa shape index (κ1) is 18.3. The van der Waals surface area contributed by atoms with Crippen LogP contribution in [0.1, 0.15) is 46.6 Å². The summed E-state index contributed by atoms with van der Waals surface area (Å²) in [5, 5.41) is 8.46. The van der Waals surface area contributed by atoms with E-state index in [-0.39, 0.29) is 11.7 Å². The molecule has 27 heavy (non-hydrogen) atoms. The van der Waals surface area contributed by atoms with Gasteiger partial charge >= 0.3 is 0 Å². The Labute approximate surface area is 162 Å². The summed E-state index contributed by atoms with van der Waals surface area (Å²) in [4.78, 5) is 26.4. The van der Waals surface area contributed by atoms with E-state index >= 15 is 0 Å². The number of rotatable bonds is 5. The molecule has 3 aromatic heterocycles. The molecule has 0 aliphatic heterocycles. The third-order valence-corrected chi connectivity index (χ3v) is 6.35. The summed E-state index contributed by atoms with van der Waals surface area (Å²) in [5.41, 5.74) is 2.12. The molecule has 0 bridgehead atoms. The summed E-state index contributed by atoms with van der Waals surface area (Å²) in [7, 11) is 4.05. The van der Waals surface area contributed by atoms with Crippen LogP contribution >= 0.6 is 11.3 Å². The normalized spacial score (nSPS) is 17.0. The van der Waals surface area contributed by atoms with E-state index in [9.17, 15) is 4.79 Å². The highest BCUT2D eigenvalue weighted by molar-refractivity contribution is 7.19. The van der Waals surface area contributed by atoms with Gasteiger partial charge in [0.05, 0.1) is 5.39 Å². The molecule has 0 unspecified atom stereocenters. The molecule has 0 aromatic carbocycles. The quantitative estimate of drug-likeness (QED) is 0.682. The standard InChI is InChI=1S/C19H26N6OS/c1-11-6-7-14-13(10-11)15-17-22-16(18(26)20-8-5-9-24(3)4)23-25(17)12(2)21-19(15)27-14/h11H,5-10H2,1-4H3,(H,20,26)/t11-/m0/s1. The van der Waals surface area contributed by atoms with Gasteiger partial charge in [0.15, 0.2) is 5.65 Å². The third kappa shape index (κ3) is 3.43. The number of amides is 1. The van der Waals surface area contributed by atoms with Crippen molar-refractivity contribution >= 4 is 33.1 Å². The molecule has 4 rings (SSSR count). The summed E-state index contributed by atoms with van der Waals surface area (Å²) >= 11 is 1.77. The molecule has 0 fully saturated rings. The second-order valence-corrected chi connectivity index (χ2v) is 8.86. The van der Waals surface area contributed by atoms with E-state index in [4.69, 9.17) is 4.98 Å². The van der Waals surface area contributed by atoms with E-state index in [0.717, 1.165) is 47.5 Å². The molecule has 8 heteroatoms. The van der Waals surface area contributed by atoms with Crippen LogP contribution in [0, 0.1) is 12.8 Å². The van der Waals surface area contributed by atoms with Gasteiger partial charge in [0.1, 0.15) is 10.7 Å². The number of nitrogens with one attached hydrogen (secondary N) is 1. The van der Waals surface area contributed by atoms with Crippen molar-refractivity contribution in [1.29, 1.82) is 0 Å². The monoisotopic (exact) mass is 386 g/mol. The molecule has 144 valence electrons. The minimum Gasteiger partial charge on any atom is -0.349 e. The maximum atomic E-state index is 12.5. The highest BCUT2D eigenvalue weighted by Gasteiger charge is 2.25. The lowest BCUT2D eigenvalue weighted by Gasteiger charge is -2.17. The van der Waals surface area contributed by atoms with Crippen LogP contribution in [0.2, 0.25) is 0 Å². The molecule has 3 aromatic rings. The first-order chi connectivity index (χ1) is 12.9. The van der Waals surface area contributed by atoms with E-state index in [2.05, 4.69) is 27.2 Å². The maximum absolute atomic E-state index is 12.5. The minimum atomic E-state index is -0.220. The van der Waals surface area contributed by atoms with Crippen molar-refractivity contribution < 1.29 is 4.79 Å². The van der Waals surface area contributed by atoms with Gasteiger partial charge in [-0.3, -0.25) is 4.79 Å². The molecule has 7 nitrogen and oxygen atoms in total. The lowest BCUT2D eigenvalue weighted by molar-refractivity contribution is 0.0942. The van der Waals surface area contributed by atoms with Crippen LogP contribution in [0.3, 0.4) is 0 Å². The predicted octanol–water partition coefficient (Wildman–Crippen LogP) is 2.45. The molecule has 0 saturated carbocycles. The molecule has 1 atom stereocenters. The third-order valence-electron chi connectivity index (χ3n) is 5.16. The highest BCUT2D eigenvalue weighted by atomic mass is 32.1. The van der Waals surface area contributed by atoms with Crippen molar-refractivity contribution in [2.24, 2.45) is 5.92 Å². The Balaban J connectivity index is 1.69. The fourth-order valence-corrected chi connectivity index (χ4v) is 4.98. The number of hydrogen-bond donors (Lipinski definition) is 1. The molecule has 0 spiro atoms. The molecule has 0 radical (unpaired) electrons. The Morgan fingerprint density at radius 2 is 2.19 bits per heavy atom. The van der Waals surface area contributed by atoms with E-state index in [1.165, 1.54) is 16.9 Å². The van der Waals surface area contributed by atoms with Crippen molar-refractivity contribution in [3.05, 3.63) is 22.1 Å². The topological polar surface area (TPSA) is 75.4 Å². The molecule has 1 N–H and O–H groups in total. The fourth-order valence-electron chi connectivity index (χ4n) is 3.72. The zero-order valence-corrected chi connectivity index (χ0v) is 17.2. The van der Waals surface area contributed by atoms with Gasteiger partial charge in [-0.05, 0) is 64.7 Å². The second kappa shape index (κ2) is 7.16. The molecular formula is C19H26N6OS. The van der Waals surface area contributed by atoms with Crippen LogP contribution in [0.5, 0.6) is 0 Å². The van der Waals surface area contributed by atoms with Crippen LogP contribution in [0.25, 0.3) is 15.9 Å². The molecule has 0 saturated heterocycles. The fraction of sp³-hybridized carbons (Fsp3) is 0.579. The number of carbonyl (C=O) groups is 1. The van der Waals surface area contributed by atoms with Gasteiger partial charge in [-0.2, -0.15) is 4.52 Å². The highest BCUT2D eigenvalue weighted by Crippen LogP contribution is 2.38. The number of hydrogen-bond acceptors (Lipinski definition) is 6. The zero-order chi connectivity index (χ0) is 19.1. The Morgan fingerprint density at radius 3 is 2.96 bits per heavy atom. The van der Waals surface area contributed by atoms with Gasteiger partial charge < -0.3 is 10.2 Å². The van der Waals surface area contributed by atoms with Crippen molar-refractivity contribution in [1.82, 2.24) is 29.8 Å². The van der Waals surface area contributed by atoms with E-state index in [0.29, 0.717) is 12.5 Å². The largest absolute Gasteiger partial charge is 0.349 e. The smallest absolute Gasteiger partial charge is 0.290 e. The molecule has 3 heterocycles. The summed E-state index contributed by atoms with van der Waals surface area (Å²) < 4.78 is 1.73. The minimum absolute atomic E-state index is 0.220. The number of aryl methyl sites for hydroxylation is 2. The number of fused-ring (bicyclic) bond motifs is 5. The van der Waals surface area contributed by atoms with Gasteiger partial charge in [-0.25, -0.2) is 9.97 Å². The summed E-state index contributed by atoms with van der Waals surface area (Å²) in [5.74, 6) is 1.44. The lowest BCUT2D eigenvalue weighted by atomic mass is 9.89. The SMILES string of the molecule is Cc1nc2sc3c(c2c2nc(C(=O)NCCCN(C)C)nn12)C[C@@H](C)CC3. The number of thiophene rings is 1. The van der Waals surface area contributed by atoms with Gasteiger partial charge in [0.25, 0.3) is 5.91 Å². The van der Waals surface area contributed by atoms with E-state index in [1.807, 2.05) is 21.0 Å². The van der Waals surface area contributed by atoms with Crippen LogP contribution in [-0.4, -0.2) is 57.6 Å². The Kier molecular flexibility index (Phi) is 4.86. The summed E-state index contributed by atoms with van der Waals surface area (Å²) in [6.07, 6.45) is 4.28. The van der Waals surface area contributed by atoms with E-state index in [1.54, 1.807) is 15.9 Å². The Morgan fingerprint density at radius 1 is 1.37 bits per heavy atom. The predicted molar refractivity (Wildman–Crippen MR) is 108 cm³/mol. The van der Waals surface area contributed by atoms with Gasteiger partial charge in [-0.1, -0.05) is 6.92 Å². The molecule has 1 aliphatic carbocycles. The van der Waals surface area contributed by atoms with Crippen molar-refractivity contribution in [2.75, 3.05) is 27.2 Å². The van der Waals surface area contributed by atoms with Crippen LogP contribution in [0.15, 0.2) is 0 Å². The first-order valence-electron chi connectivity index (χ1n) is 9.54. The van der Waals surface area contributed by atoms with E-state index < -0.39 is 0 Å². The second-order valence-electron chi connectivity index (χ2n) is 7.77. The number of aromatic nitrogens is 4. The van der Waals surface area contributed by atoms with Gasteiger partial charge in [0.2, 0.25) is 5.82 Å². The average Bonchev–Trinajstić information content (AvgIpc) is 3.19. The summed E-state index contributed by atoms with van der Waals surface area (Å²) in [6.45, 7) is 5.76. The average molecular weight is 387 g/mol. The molecule has 1 amide bonds. The summed E-state index contributed by atoms with van der Waals surface area (Å²) in [6, 6.07) is 0. The van der Waals surface area contributed by atoms with Gasteiger partial charge in [-0.15, -0.1) is 16.4 Å². The first-order valence-corrected chi connectivity index (χ1v) is 10.4. The van der Waals surface area contributed by atoms with Crippen molar-refractivity contribution in [2.45, 2.75) is 39.5 Å². The van der Waals surface area contributed by atoms with Crippen LogP contribution in [-0.2, 0) is 12.8 Å². The van der Waals surface area contributed by atoms with Crippen LogP contribution < -0.4 is 5.32 Å². The number of carbonyl (C=O) groups excluding carboxylic acids is 1. The Hall–Kier alpha value is -2.06. The van der Waals surface area contributed by atoms with Crippen molar-refractivity contribution in [3.63, 3.8) is 0 Å². The Bertz CT molecular complexity index is 1000. The van der Waals surface area contributed by atoms with Crippen molar-refractivity contribution in [3.8, 4) is 0 Å². The van der Waals surface area contributed by atoms with Crippen LogP contribution in [0.4, 0.5) is 0 Å². The number of nitrogens with zero attached hydrogens (tertiary/aromatic N) is 5. The maximum Gasteiger partial charge on any atom is 0.290 e. The molecule has 1 aliphatic rings. The molecular weight excluding hydrogens is 360 g/mol. The lowest BCUT2D eigenvalue weighted by Crippen LogP contribution is -2.28. The zero-order valence-electron chi connectivity index (χ0n) is 16.4.